The summed E-state index contributed by atoms with van der Waals surface area (Å²) in [6.45, 7) is 6.52. The molecule has 1 aliphatic rings. The Labute approximate surface area is 171 Å². The van der Waals surface area contributed by atoms with Crippen LogP contribution in [0.4, 0.5) is 11.6 Å². The van der Waals surface area contributed by atoms with Gasteiger partial charge in [0.1, 0.15) is 0 Å². The van der Waals surface area contributed by atoms with Crippen molar-refractivity contribution in [1.82, 2.24) is 15.0 Å². The summed E-state index contributed by atoms with van der Waals surface area (Å²) in [5.41, 5.74) is 5.70. The highest BCUT2D eigenvalue weighted by molar-refractivity contribution is 6.09. The van der Waals surface area contributed by atoms with Gasteiger partial charge in [0.2, 0.25) is 5.95 Å². The van der Waals surface area contributed by atoms with Crippen LogP contribution in [0.2, 0.25) is 0 Å². The number of nitrogens with zero attached hydrogens (tertiary/aromatic N) is 3. The quantitative estimate of drug-likeness (QED) is 0.563. The molecule has 0 radical (unpaired) electrons. The van der Waals surface area contributed by atoms with Crippen LogP contribution in [0.15, 0.2) is 49.1 Å². The third-order valence-corrected chi connectivity index (χ3v) is 5.21. The van der Waals surface area contributed by atoms with Gasteiger partial charge in [-0.05, 0) is 66.8 Å². The highest BCUT2D eigenvalue weighted by atomic mass is 16.1. The zero-order valence-electron chi connectivity index (χ0n) is 17.1. The van der Waals surface area contributed by atoms with Crippen LogP contribution < -0.4 is 5.32 Å². The van der Waals surface area contributed by atoms with E-state index in [1.165, 1.54) is 5.56 Å². The van der Waals surface area contributed by atoms with Crippen molar-refractivity contribution in [1.29, 1.82) is 0 Å². The summed E-state index contributed by atoms with van der Waals surface area (Å²) in [5.74, 6) is 1.53. The van der Waals surface area contributed by atoms with Crippen LogP contribution in [0.5, 0.6) is 0 Å². The number of carbonyl (C=O) groups is 1. The van der Waals surface area contributed by atoms with Crippen molar-refractivity contribution in [3.8, 4) is 0 Å². The van der Waals surface area contributed by atoms with Crippen molar-refractivity contribution in [3.05, 3.63) is 76.9 Å². The summed E-state index contributed by atoms with van der Waals surface area (Å²) in [4.78, 5) is 25.8. The molecule has 5 heteroatoms. The molecule has 1 fully saturated rings. The van der Waals surface area contributed by atoms with E-state index in [0.717, 1.165) is 36.1 Å². The van der Waals surface area contributed by atoms with Crippen LogP contribution >= 0.6 is 0 Å². The van der Waals surface area contributed by atoms with Crippen LogP contribution in [0, 0.1) is 12.8 Å². The molecular weight excluding hydrogens is 360 g/mol. The maximum absolute atomic E-state index is 12.9. The third kappa shape index (κ3) is 4.50. The van der Waals surface area contributed by atoms with Crippen molar-refractivity contribution in [3.63, 3.8) is 0 Å². The SMILES string of the molecule is Cc1cc(CC(C)C)ccc1Nc1ncc(C(=O)c2ccncc2C2CC2)cn1. The van der Waals surface area contributed by atoms with Crippen molar-refractivity contribution in [2.75, 3.05) is 5.32 Å². The largest absolute Gasteiger partial charge is 0.324 e. The molecule has 5 nitrogen and oxygen atoms in total. The first kappa shape index (κ1) is 19.2. The van der Waals surface area contributed by atoms with E-state index >= 15 is 0 Å². The molecule has 1 aliphatic carbocycles. The molecule has 0 saturated heterocycles. The molecule has 148 valence electrons. The van der Waals surface area contributed by atoms with Gasteiger partial charge < -0.3 is 5.32 Å². The summed E-state index contributed by atoms with van der Waals surface area (Å²) in [5, 5.41) is 3.25. The molecule has 2 aromatic heterocycles. The second-order valence-electron chi connectivity index (χ2n) is 8.23. The lowest BCUT2D eigenvalue weighted by molar-refractivity contribution is 0.103. The van der Waals surface area contributed by atoms with Gasteiger partial charge in [0, 0.05) is 36.0 Å². The molecule has 0 aliphatic heterocycles. The predicted octanol–water partition coefficient (Wildman–Crippen LogP) is 5.23. The summed E-state index contributed by atoms with van der Waals surface area (Å²) in [6.07, 6.45) is 9.98. The first-order valence-corrected chi connectivity index (χ1v) is 10.2. The van der Waals surface area contributed by atoms with E-state index in [1.807, 2.05) is 6.20 Å². The summed E-state index contributed by atoms with van der Waals surface area (Å²) in [6, 6.07) is 8.19. The molecule has 0 unspecified atom stereocenters. The number of benzene rings is 1. The Kier molecular flexibility index (Phi) is 5.38. The fourth-order valence-electron chi connectivity index (χ4n) is 3.58. The number of aromatic nitrogens is 3. The van der Waals surface area contributed by atoms with Crippen molar-refractivity contribution in [2.24, 2.45) is 5.92 Å². The second kappa shape index (κ2) is 8.11. The van der Waals surface area contributed by atoms with Gasteiger partial charge in [-0.15, -0.1) is 0 Å². The van der Waals surface area contributed by atoms with Crippen LogP contribution in [0.25, 0.3) is 0 Å². The first-order chi connectivity index (χ1) is 14.0. The van der Waals surface area contributed by atoms with E-state index in [-0.39, 0.29) is 5.78 Å². The molecule has 2 heterocycles. The fraction of sp³-hybridized carbons (Fsp3) is 0.333. The van der Waals surface area contributed by atoms with Crippen molar-refractivity contribution in [2.45, 2.75) is 46.0 Å². The van der Waals surface area contributed by atoms with Gasteiger partial charge in [0.15, 0.2) is 5.78 Å². The van der Waals surface area contributed by atoms with Crippen LogP contribution in [0.1, 0.15) is 65.2 Å². The lowest BCUT2D eigenvalue weighted by Crippen LogP contribution is -2.08. The molecule has 1 N–H and O–H groups in total. The lowest BCUT2D eigenvalue weighted by atomic mass is 9.99. The zero-order chi connectivity index (χ0) is 20.4. The van der Waals surface area contributed by atoms with Crippen LogP contribution in [-0.4, -0.2) is 20.7 Å². The van der Waals surface area contributed by atoms with Gasteiger partial charge in [-0.3, -0.25) is 9.78 Å². The Balaban J connectivity index is 1.49. The average Bonchev–Trinajstić information content (AvgIpc) is 3.55. The summed E-state index contributed by atoms with van der Waals surface area (Å²) in [7, 11) is 0. The number of pyridine rings is 1. The first-order valence-electron chi connectivity index (χ1n) is 10.2. The van der Waals surface area contributed by atoms with E-state index in [1.54, 1.807) is 24.7 Å². The van der Waals surface area contributed by atoms with Gasteiger partial charge in [0.05, 0.1) is 5.56 Å². The molecule has 0 bridgehead atoms. The van der Waals surface area contributed by atoms with Gasteiger partial charge in [-0.1, -0.05) is 26.0 Å². The number of carbonyl (C=O) groups excluding carboxylic acids is 1. The number of aryl methyl sites for hydroxylation is 1. The molecule has 0 amide bonds. The summed E-state index contributed by atoms with van der Waals surface area (Å²) < 4.78 is 0. The van der Waals surface area contributed by atoms with E-state index < -0.39 is 0 Å². The number of nitrogens with one attached hydrogen (secondary N) is 1. The Morgan fingerprint density at radius 2 is 1.90 bits per heavy atom. The van der Waals surface area contributed by atoms with E-state index in [0.29, 0.717) is 28.9 Å². The minimum Gasteiger partial charge on any atom is -0.324 e. The third-order valence-electron chi connectivity index (χ3n) is 5.21. The second-order valence-corrected chi connectivity index (χ2v) is 8.23. The van der Waals surface area contributed by atoms with Crippen molar-refractivity contribution < 1.29 is 4.79 Å². The molecule has 1 saturated carbocycles. The van der Waals surface area contributed by atoms with Crippen molar-refractivity contribution >= 4 is 17.4 Å². The maximum atomic E-state index is 12.9. The Morgan fingerprint density at radius 1 is 1.14 bits per heavy atom. The minimum absolute atomic E-state index is 0.0462. The Bertz CT molecular complexity index is 1020. The topological polar surface area (TPSA) is 67.8 Å². The molecule has 29 heavy (non-hydrogen) atoms. The standard InChI is InChI=1S/C24H26N4O/c1-15(2)10-17-4-7-22(16(3)11-17)28-24-26-12-19(13-27-24)23(29)20-8-9-25-14-21(20)18-5-6-18/h4,7-9,11-15,18H,5-6,10H2,1-3H3,(H,26,27,28). The monoisotopic (exact) mass is 386 g/mol. The molecule has 0 spiro atoms. The van der Waals surface area contributed by atoms with Crippen LogP contribution in [0.3, 0.4) is 0 Å². The predicted molar refractivity (Wildman–Crippen MR) is 115 cm³/mol. The number of hydrogen-bond acceptors (Lipinski definition) is 5. The molecule has 0 atom stereocenters. The number of rotatable bonds is 7. The number of anilines is 2. The fourth-order valence-corrected chi connectivity index (χ4v) is 3.58. The smallest absolute Gasteiger partial charge is 0.227 e. The maximum Gasteiger partial charge on any atom is 0.227 e. The van der Waals surface area contributed by atoms with Gasteiger partial charge >= 0.3 is 0 Å². The number of hydrogen-bond donors (Lipinski definition) is 1. The molecular formula is C24H26N4O. The average molecular weight is 386 g/mol. The van der Waals surface area contributed by atoms with Crippen LogP contribution in [-0.2, 0) is 6.42 Å². The highest BCUT2D eigenvalue weighted by Gasteiger charge is 2.28. The normalized spacial score (nSPS) is 13.5. The summed E-state index contributed by atoms with van der Waals surface area (Å²) >= 11 is 0. The van der Waals surface area contributed by atoms with E-state index in [2.05, 4.69) is 59.2 Å². The Hall–Kier alpha value is -3.08. The Morgan fingerprint density at radius 3 is 2.55 bits per heavy atom. The van der Waals surface area contributed by atoms with E-state index in [9.17, 15) is 4.79 Å². The van der Waals surface area contributed by atoms with E-state index in [4.69, 9.17) is 0 Å². The molecule has 3 aromatic rings. The molecule has 1 aromatic carbocycles. The van der Waals surface area contributed by atoms with Gasteiger partial charge in [0.25, 0.3) is 0 Å². The minimum atomic E-state index is -0.0462. The zero-order valence-corrected chi connectivity index (χ0v) is 17.1. The number of ketones is 1. The molecule has 4 rings (SSSR count). The lowest BCUT2D eigenvalue weighted by Gasteiger charge is -2.12. The van der Waals surface area contributed by atoms with Gasteiger partial charge in [-0.25, -0.2) is 9.97 Å². The van der Waals surface area contributed by atoms with Gasteiger partial charge in [-0.2, -0.15) is 0 Å². The highest BCUT2D eigenvalue weighted by Crippen LogP contribution is 2.41.